The molecule has 3 aromatic carbocycles. The average Bonchev–Trinajstić information content (AvgIpc) is 3.12. The van der Waals surface area contributed by atoms with Crippen LogP contribution in [0.15, 0.2) is 120 Å². The Kier molecular flexibility index (Phi) is 12.8. The quantitative estimate of drug-likeness (QED) is 0.0479. The maximum atomic E-state index is 13.4. The lowest BCUT2D eigenvalue weighted by molar-refractivity contribution is -0.543. The predicted octanol–water partition coefficient (Wildman–Crippen LogP) is 7.29. The second-order valence-corrected chi connectivity index (χ2v) is 12.9. The summed E-state index contributed by atoms with van der Waals surface area (Å²) in [5.74, 6) is -2.70. The number of allylic oxidation sites excluding steroid dienone is 6. The molecule has 0 bridgehead atoms. The van der Waals surface area contributed by atoms with Gasteiger partial charge in [0.25, 0.3) is 0 Å². The lowest BCUT2D eigenvalue weighted by atomic mass is 9.70. The molecule has 5 rings (SSSR count). The summed E-state index contributed by atoms with van der Waals surface area (Å²) in [7, 11) is 0. The molecule has 2 N–H and O–H groups in total. The van der Waals surface area contributed by atoms with Crippen LogP contribution in [-0.2, 0) is 32.3 Å². The van der Waals surface area contributed by atoms with Crippen molar-refractivity contribution in [1.82, 2.24) is 0 Å². The number of carboxylic acids is 2. The highest BCUT2D eigenvalue weighted by Gasteiger charge is 2.46. The number of aliphatic carboxylic acids is 2. The molecule has 3 aromatic rings. The molecule has 258 valence electrons. The fraction of sp³-hybridized carbons (Fsp3) is 0.310. The van der Waals surface area contributed by atoms with Crippen LogP contribution in [-0.4, -0.2) is 57.1 Å². The first-order chi connectivity index (χ1) is 24.3. The second kappa shape index (κ2) is 17.9. The molecule has 0 saturated heterocycles. The van der Waals surface area contributed by atoms with Crippen molar-refractivity contribution >= 4 is 34.9 Å². The van der Waals surface area contributed by atoms with Gasteiger partial charge in [-0.15, -0.1) is 0 Å². The SMILES string of the molecule is O=C(O)CCCCCN(Cc1ccccc1)c1ccc(C2C(=O)C(=C3C=CC(=[N+](CCCCCC(=O)O)Cc4ccccc4)C=C3)C2=O)cc1. The number of benzene rings is 3. The molecule has 2 aliphatic carbocycles. The normalized spacial score (nSPS) is 15.3. The van der Waals surface area contributed by atoms with E-state index in [4.69, 9.17) is 10.2 Å². The lowest BCUT2D eigenvalue weighted by Crippen LogP contribution is -2.39. The first kappa shape index (κ1) is 35.9. The van der Waals surface area contributed by atoms with Crippen LogP contribution < -0.4 is 4.90 Å². The molecule has 1 fully saturated rings. The minimum Gasteiger partial charge on any atom is -0.481 e. The molecule has 0 atom stereocenters. The Morgan fingerprint density at radius 3 is 1.78 bits per heavy atom. The third-order valence-electron chi connectivity index (χ3n) is 9.20. The first-order valence-electron chi connectivity index (χ1n) is 17.5. The molecule has 0 amide bonds. The van der Waals surface area contributed by atoms with E-state index < -0.39 is 17.9 Å². The van der Waals surface area contributed by atoms with Gasteiger partial charge < -0.3 is 15.1 Å². The number of carboxylic acid groups (broad SMARTS) is 2. The highest BCUT2D eigenvalue weighted by atomic mass is 16.4. The second-order valence-electron chi connectivity index (χ2n) is 12.9. The molecule has 2 aliphatic rings. The number of anilines is 1. The van der Waals surface area contributed by atoms with Gasteiger partial charge in [-0.25, -0.2) is 4.58 Å². The summed E-state index contributed by atoms with van der Waals surface area (Å²) in [5.41, 5.74) is 5.82. The standard InChI is InChI=1S/C42H44N2O6/c45-37(46)17-9-3-11-27-43(29-31-13-5-1-6-14-31)35-23-19-33(20-24-35)39-41(49)40(42(39)50)34-21-25-36(26-22-34)44(28-12-4-10-18-38(47)48)30-32-15-7-2-8-16-32/h1-2,5-8,13-16,19-26,39H,3-4,9-12,17-18,27-30H2,(H-,45,46,47,48)/p+1. The molecule has 8 heteroatoms. The molecular weight excluding hydrogens is 628 g/mol. The summed E-state index contributed by atoms with van der Waals surface area (Å²) in [6.45, 7) is 2.91. The zero-order valence-corrected chi connectivity index (χ0v) is 28.4. The van der Waals surface area contributed by atoms with Crippen molar-refractivity contribution in [3.63, 3.8) is 0 Å². The maximum Gasteiger partial charge on any atom is 0.303 e. The molecule has 0 aliphatic heterocycles. The van der Waals surface area contributed by atoms with Crippen LogP contribution in [0.2, 0.25) is 0 Å². The number of unbranched alkanes of at least 4 members (excludes halogenated alkanes) is 4. The predicted molar refractivity (Wildman–Crippen MR) is 194 cm³/mol. The summed E-state index contributed by atoms with van der Waals surface area (Å²) < 4.78 is 2.25. The fourth-order valence-electron chi connectivity index (χ4n) is 6.47. The van der Waals surface area contributed by atoms with Gasteiger partial charge in [0.15, 0.2) is 23.8 Å². The molecule has 0 spiro atoms. The van der Waals surface area contributed by atoms with Crippen molar-refractivity contribution < 1.29 is 34.0 Å². The van der Waals surface area contributed by atoms with E-state index in [0.717, 1.165) is 61.3 Å². The van der Waals surface area contributed by atoms with Crippen LogP contribution in [0.3, 0.4) is 0 Å². The van der Waals surface area contributed by atoms with Crippen molar-refractivity contribution in [1.29, 1.82) is 0 Å². The van der Waals surface area contributed by atoms with Gasteiger partial charge in [0.1, 0.15) is 12.5 Å². The first-order valence-corrected chi connectivity index (χ1v) is 17.5. The highest BCUT2D eigenvalue weighted by molar-refractivity contribution is 6.42. The monoisotopic (exact) mass is 673 g/mol. The van der Waals surface area contributed by atoms with E-state index >= 15 is 0 Å². The number of Topliss-reactive ketones (excluding diaryl/α,β-unsaturated/α-hetero) is 2. The van der Waals surface area contributed by atoms with Gasteiger partial charge in [-0.05, 0) is 66.7 Å². The third kappa shape index (κ3) is 9.84. The molecule has 0 heterocycles. The van der Waals surface area contributed by atoms with E-state index in [1.54, 1.807) is 0 Å². The van der Waals surface area contributed by atoms with Gasteiger partial charge >= 0.3 is 11.9 Å². The van der Waals surface area contributed by atoms with Crippen LogP contribution in [0.4, 0.5) is 5.69 Å². The Balaban J connectivity index is 1.26. The number of ketones is 2. The van der Waals surface area contributed by atoms with E-state index in [1.165, 1.54) is 0 Å². The van der Waals surface area contributed by atoms with E-state index in [0.29, 0.717) is 37.1 Å². The Bertz CT molecular complexity index is 1750. The lowest BCUT2D eigenvalue weighted by Gasteiger charge is -2.29. The smallest absolute Gasteiger partial charge is 0.303 e. The van der Waals surface area contributed by atoms with Gasteiger partial charge in [0.2, 0.25) is 0 Å². The zero-order valence-electron chi connectivity index (χ0n) is 28.4. The Morgan fingerprint density at radius 2 is 1.20 bits per heavy atom. The zero-order chi connectivity index (χ0) is 35.3. The summed E-state index contributed by atoms with van der Waals surface area (Å²) in [6.07, 6.45) is 12.6. The van der Waals surface area contributed by atoms with Crippen LogP contribution in [0, 0.1) is 0 Å². The van der Waals surface area contributed by atoms with E-state index in [9.17, 15) is 19.2 Å². The third-order valence-corrected chi connectivity index (χ3v) is 9.20. The van der Waals surface area contributed by atoms with Crippen molar-refractivity contribution in [3.05, 3.63) is 137 Å². The van der Waals surface area contributed by atoms with Crippen molar-refractivity contribution in [3.8, 4) is 0 Å². The Labute approximate surface area is 293 Å². The van der Waals surface area contributed by atoms with Crippen molar-refractivity contribution in [2.75, 3.05) is 18.0 Å². The van der Waals surface area contributed by atoms with Gasteiger partial charge in [0, 0.05) is 55.8 Å². The van der Waals surface area contributed by atoms with Crippen LogP contribution in [0.5, 0.6) is 0 Å². The van der Waals surface area contributed by atoms with E-state index in [2.05, 4.69) is 33.7 Å². The molecule has 0 radical (unpaired) electrons. The molecular formula is C42H45N2O6+. The van der Waals surface area contributed by atoms with E-state index in [1.807, 2.05) is 85.0 Å². The number of carbonyl (C=O) groups is 4. The van der Waals surface area contributed by atoms with Crippen LogP contribution >= 0.6 is 0 Å². The fourth-order valence-corrected chi connectivity index (χ4v) is 6.47. The molecule has 0 unspecified atom stereocenters. The van der Waals surface area contributed by atoms with Gasteiger partial charge in [-0.1, -0.05) is 79.2 Å². The highest BCUT2D eigenvalue weighted by Crippen LogP contribution is 2.38. The molecule has 8 nitrogen and oxygen atoms in total. The average molecular weight is 674 g/mol. The number of carbonyl (C=O) groups excluding carboxylic acids is 2. The topological polar surface area (TPSA) is 115 Å². The Morgan fingerprint density at radius 1 is 0.640 bits per heavy atom. The summed E-state index contributed by atoms with van der Waals surface area (Å²) in [4.78, 5) is 50.9. The number of hydrogen-bond donors (Lipinski definition) is 2. The van der Waals surface area contributed by atoms with Crippen molar-refractivity contribution in [2.45, 2.75) is 70.4 Å². The summed E-state index contributed by atoms with van der Waals surface area (Å²) >= 11 is 0. The molecule has 0 aromatic heterocycles. The minimum atomic E-state index is -0.808. The summed E-state index contributed by atoms with van der Waals surface area (Å²) in [5, 5.41) is 17.9. The van der Waals surface area contributed by atoms with Gasteiger partial charge in [0.05, 0.1) is 5.57 Å². The number of rotatable bonds is 18. The van der Waals surface area contributed by atoms with Gasteiger partial charge in [-0.2, -0.15) is 0 Å². The Hall–Kier alpha value is -5.37. The number of hydrogen-bond acceptors (Lipinski definition) is 5. The summed E-state index contributed by atoms with van der Waals surface area (Å²) in [6, 6.07) is 28.0. The molecule has 50 heavy (non-hydrogen) atoms. The molecule has 1 saturated carbocycles. The number of nitrogens with zero attached hydrogens (tertiary/aromatic N) is 2. The van der Waals surface area contributed by atoms with Gasteiger partial charge in [-0.3, -0.25) is 19.2 Å². The largest absolute Gasteiger partial charge is 0.481 e. The maximum absolute atomic E-state index is 13.4. The van der Waals surface area contributed by atoms with Crippen LogP contribution in [0.1, 0.15) is 74.0 Å². The van der Waals surface area contributed by atoms with Crippen molar-refractivity contribution in [2.24, 2.45) is 0 Å². The van der Waals surface area contributed by atoms with E-state index in [-0.39, 0.29) is 30.0 Å². The minimum absolute atomic E-state index is 0.170. The van der Waals surface area contributed by atoms with Crippen LogP contribution in [0.25, 0.3) is 0 Å².